The minimum absolute atomic E-state index is 0.487. The molecule has 0 fully saturated rings. The molecular weight excluding hydrogens is 248 g/mol. The Labute approximate surface area is 110 Å². The predicted molar refractivity (Wildman–Crippen MR) is 74.7 cm³/mol. The molecule has 4 nitrogen and oxygen atoms in total. The molecule has 5 N–H and O–H groups in total. The number of nitrogens with one attached hydrogen (secondary N) is 1. The van der Waals surface area contributed by atoms with Crippen LogP contribution >= 0.6 is 11.6 Å². The number of anilines is 4. The summed E-state index contributed by atoms with van der Waals surface area (Å²) in [7, 11) is 0. The van der Waals surface area contributed by atoms with Gasteiger partial charge in [-0.25, -0.2) is 0 Å². The molecule has 0 aliphatic carbocycles. The third-order valence-corrected chi connectivity index (χ3v) is 2.70. The van der Waals surface area contributed by atoms with Gasteiger partial charge in [0.1, 0.15) is 6.07 Å². The van der Waals surface area contributed by atoms with Crippen LogP contribution in [0, 0.1) is 11.3 Å². The van der Waals surface area contributed by atoms with E-state index >= 15 is 0 Å². The van der Waals surface area contributed by atoms with Gasteiger partial charge in [-0.3, -0.25) is 0 Å². The van der Waals surface area contributed by atoms with Gasteiger partial charge in [0, 0.05) is 10.7 Å². The Kier molecular flexibility index (Phi) is 3.26. The maximum atomic E-state index is 9.01. The molecule has 0 saturated heterocycles. The number of nitrogen functional groups attached to an aromatic ring is 2. The molecule has 0 radical (unpaired) electrons. The number of nitriles is 1. The molecule has 18 heavy (non-hydrogen) atoms. The van der Waals surface area contributed by atoms with Crippen LogP contribution in [-0.2, 0) is 0 Å². The van der Waals surface area contributed by atoms with Gasteiger partial charge in [-0.15, -0.1) is 0 Å². The van der Waals surface area contributed by atoms with Crippen molar-refractivity contribution in [2.75, 3.05) is 16.8 Å². The highest BCUT2D eigenvalue weighted by atomic mass is 35.5. The van der Waals surface area contributed by atoms with E-state index in [1.54, 1.807) is 36.4 Å². The van der Waals surface area contributed by atoms with E-state index < -0.39 is 0 Å². The number of nitrogens with zero attached hydrogens (tertiary/aromatic N) is 1. The van der Waals surface area contributed by atoms with Gasteiger partial charge in [-0.05, 0) is 36.4 Å². The van der Waals surface area contributed by atoms with E-state index in [4.69, 9.17) is 28.3 Å². The summed E-state index contributed by atoms with van der Waals surface area (Å²) in [5.74, 6) is 0. The van der Waals surface area contributed by atoms with E-state index in [1.165, 1.54) is 0 Å². The van der Waals surface area contributed by atoms with Gasteiger partial charge < -0.3 is 16.8 Å². The second-order valence-corrected chi connectivity index (χ2v) is 4.21. The number of nitrogens with two attached hydrogens (primary N) is 2. The lowest BCUT2D eigenvalue weighted by atomic mass is 10.1. The SMILES string of the molecule is N#Cc1ccc(Cl)cc1Nc1ccc(N)c(N)c1. The molecule has 0 unspecified atom stereocenters. The summed E-state index contributed by atoms with van der Waals surface area (Å²) in [5, 5.41) is 12.7. The van der Waals surface area contributed by atoms with Crippen molar-refractivity contribution in [1.82, 2.24) is 0 Å². The van der Waals surface area contributed by atoms with Crippen molar-refractivity contribution >= 4 is 34.4 Å². The van der Waals surface area contributed by atoms with Gasteiger partial charge in [0.15, 0.2) is 0 Å². The van der Waals surface area contributed by atoms with E-state index in [1.807, 2.05) is 0 Å². The van der Waals surface area contributed by atoms with Crippen LogP contribution in [0.3, 0.4) is 0 Å². The number of rotatable bonds is 2. The lowest BCUT2D eigenvalue weighted by Crippen LogP contribution is -1.98. The van der Waals surface area contributed by atoms with E-state index in [2.05, 4.69) is 11.4 Å². The zero-order valence-corrected chi connectivity index (χ0v) is 10.2. The lowest BCUT2D eigenvalue weighted by molar-refractivity contribution is 1.46. The number of benzene rings is 2. The summed E-state index contributed by atoms with van der Waals surface area (Å²) >= 11 is 5.90. The molecule has 0 saturated carbocycles. The molecule has 0 aliphatic heterocycles. The molecule has 5 heteroatoms. The van der Waals surface area contributed by atoms with Crippen molar-refractivity contribution in [2.45, 2.75) is 0 Å². The monoisotopic (exact) mass is 258 g/mol. The average Bonchev–Trinajstić information content (AvgIpc) is 2.34. The van der Waals surface area contributed by atoms with Crippen LogP contribution in [0.4, 0.5) is 22.7 Å². The van der Waals surface area contributed by atoms with E-state index in [9.17, 15) is 0 Å². The Morgan fingerprint density at radius 1 is 1.06 bits per heavy atom. The van der Waals surface area contributed by atoms with Crippen molar-refractivity contribution in [2.24, 2.45) is 0 Å². The zero-order chi connectivity index (χ0) is 13.1. The van der Waals surface area contributed by atoms with E-state index in [0.717, 1.165) is 5.69 Å². The molecule has 0 bridgehead atoms. The molecule has 90 valence electrons. The van der Waals surface area contributed by atoms with Gasteiger partial charge in [-0.2, -0.15) is 5.26 Å². The molecule has 0 spiro atoms. The third kappa shape index (κ3) is 2.47. The van der Waals surface area contributed by atoms with Crippen molar-refractivity contribution in [1.29, 1.82) is 5.26 Å². The summed E-state index contributed by atoms with van der Waals surface area (Å²) in [6.45, 7) is 0. The Balaban J connectivity index is 2.36. The minimum Gasteiger partial charge on any atom is -0.397 e. The first-order chi connectivity index (χ1) is 8.60. The highest BCUT2D eigenvalue weighted by Gasteiger charge is 2.04. The summed E-state index contributed by atoms with van der Waals surface area (Å²) in [5.41, 5.74) is 14.3. The maximum Gasteiger partial charge on any atom is 0.101 e. The van der Waals surface area contributed by atoms with E-state index in [0.29, 0.717) is 27.6 Å². The molecule has 0 aliphatic rings. The highest BCUT2D eigenvalue weighted by molar-refractivity contribution is 6.30. The Morgan fingerprint density at radius 3 is 2.50 bits per heavy atom. The Hall–Kier alpha value is -2.38. The zero-order valence-electron chi connectivity index (χ0n) is 9.44. The minimum atomic E-state index is 0.487. The second kappa shape index (κ2) is 4.86. The summed E-state index contributed by atoms with van der Waals surface area (Å²) < 4.78 is 0. The first-order valence-electron chi connectivity index (χ1n) is 5.22. The summed E-state index contributed by atoms with van der Waals surface area (Å²) in [4.78, 5) is 0. The average molecular weight is 259 g/mol. The molecule has 2 aromatic rings. The van der Waals surface area contributed by atoms with Crippen LogP contribution in [0.5, 0.6) is 0 Å². The third-order valence-electron chi connectivity index (χ3n) is 2.47. The van der Waals surface area contributed by atoms with Crippen LogP contribution in [0.1, 0.15) is 5.56 Å². The molecular formula is C13H11ClN4. The Morgan fingerprint density at radius 2 is 1.83 bits per heavy atom. The molecule has 2 rings (SSSR count). The molecule has 0 heterocycles. The molecule has 0 amide bonds. The van der Waals surface area contributed by atoms with Crippen molar-refractivity contribution in [3.05, 3.63) is 47.0 Å². The largest absolute Gasteiger partial charge is 0.397 e. The van der Waals surface area contributed by atoms with Gasteiger partial charge in [-0.1, -0.05) is 11.6 Å². The quantitative estimate of drug-likeness (QED) is 0.722. The fraction of sp³-hybridized carbons (Fsp3) is 0. The number of halogens is 1. The maximum absolute atomic E-state index is 9.01. The lowest BCUT2D eigenvalue weighted by Gasteiger charge is -2.10. The van der Waals surface area contributed by atoms with Gasteiger partial charge in [0.2, 0.25) is 0 Å². The smallest absolute Gasteiger partial charge is 0.101 e. The van der Waals surface area contributed by atoms with Crippen LogP contribution in [-0.4, -0.2) is 0 Å². The van der Waals surface area contributed by atoms with E-state index in [-0.39, 0.29) is 0 Å². The molecule has 0 aromatic heterocycles. The highest BCUT2D eigenvalue weighted by Crippen LogP contribution is 2.26. The summed E-state index contributed by atoms with van der Waals surface area (Å²) in [6.07, 6.45) is 0. The number of hydrogen-bond donors (Lipinski definition) is 3. The topological polar surface area (TPSA) is 87.9 Å². The van der Waals surface area contributed by atoms with Crippen molar-refractivity contribution in [3.8, 4) is 6.07 Å². The van der Waals surface area contributed by atoms with Gasteiger partial charge >= 0.3 is 0 Å². The van der Waals surface area contributed by atoms with Crippen LogP contribution in [0.25, 0.3) is 0 Å². The van der Waals surface area contributed by atoms with Crippen LogP contribution in [0.2, 0.25) is 5.02 Å². The van der Waals surface area contributed by atoms with Crippen LogP contribution < -0.4 is 16.8 Å². The van der Waals surface area contributed by atoms with Crippen molar-refractivity contribution < 1.29 is 0 Å². The van der Waals surface area contributed by atoms with Crippen molar-refractivity contribution in [3.63, 3.8) is 0 Å². The van der Waals surface area contributed by atoms with Crippen LogP contribution in [0.15, 0.2) is 36.4 Å². The normalized spacial score (nSPS) is 9.78. The standard InChI is InChI=1S/C13H11ClN4/c14-9-2-1-8(7-15)13(5-9)18-10-3-4-11(16)12(17)6-10/h1-6,18H,16-17H2. The fourth-order valence-corrected chi connectivity index (χ4v) is 1.70. The number of hydrogen-bond acceptors (Lipinski definition) is 4. The Bertz CT molecular complexity index is 631. The first kappa shape index (κ1) is 12.1. The first-order valence-corrected chi connectivity index (χ1v) is 5.59. The molecule has 0 atom stereocenters. The molecule has 2 aromatic carbocycles. The predicted octanol–water partition coefficient (Wildman–Crippen LogP) is 3.12. The summed E-state index contributed by atoms with van der Waals surface area (Å²) in [6, 6.07) is 12.3. The van der Waals surface area contributed by atoms with Gasteiger partial charge in [0.25, 0.3) is 0 Å². The fourth-order valence-electron chi connectivity index (χ4n) is 1.53. The van der Waals surface area contributed by atoms with Gasteiger partial charge in [0.05, 0.1) is 22.6 Å². The second-order valence-electron chi connectivity index (χ2n) is 3.77.